The van der Waals surface area contributed by atoms with Crippen LogP contribution in [0.4, 0.5) is 4.79 Å². The fraction of sp³-hybridized carbons (Fsp3) is 0.400. The van der Waals surface area contributed by atoms with Gasteiger partial charge in [0.25, 0.3) is 5.56 Å². The van der Waals surface area contributed by atoms with Crippen molar-refractivity contribution in [3.63, 3.8) is 0 Å². The third kappa shape index (κ3) is 7.68. The number of morpholine rings is 1. The van der Waals surface area contributed by atoms with Crippen LogP contribution in [0.25, 0.3) is 10.9 Å². The lowest BCUT2D eigenvalue weighted by molar-refractivity contribution is -0.144. The predicted molar refractivity (Wildman–Crippen MR) is 150 cm³/mol. The number of carbonyl (C=O) groups is 2. The molecule has 10 nitrogen and oxygen atoms in total. The monoisotopic (exact) mass is 546 g/mol. The highest BCUT2D eigenvalue weighted by atomic mass is 16.6. The molecule has 1 aromatic heterocycles. The highest BCUT2D eigenvalue weighted by molar-refractivity contribution is 5.80. The second kappa shape index (κ2) is 12.8. The number of nitrogens with one attached hydrogen (secondary N) is 1. The molecular formula is C30H34N4O6. The maximum Gasteiger partial charge on any atom is 0.407 e. The average Bonchev–Trinajstić information content (AvgIpc) is 2.93. The molecule has 3 aromatic rings. The lowest BCUT2D eigenvalue weighted by Gasteiger charge is -2.26. The summed E-state index contributed by atoms with van der Waals surface area (Å²) in [5, 5.41) is 2.83. The van der Waals surface area contributed by atoms with Crippen LogP contribution in [0.2, 0.25) is 0 Å². The van der Waals surface area contributed by atoms with Gasteiger partial charge in [-0.2, -0.15) is 0 Å². The summed E-state index contributed by atoms with van der Waals surface area (Å²) in [5.74, 6) is 5.59. The molecule has 2 heterocycles. The summed E-state index contributed by atoms with van der Waals surface area (Å²) in [7, 11) is 1.21. The van der Waals surface area contributed by atoms with Gasteiger partial charge in [0, 0.05) is 30.8 Å². The fourth-order valence-electron chi connectivity index (χ4n) is 4.22. The van der Waals surface area contributed by atoms with E-state index in [0.717, 1.165) is 43.0 Å². The largest absolute Gasteiger partial charge is 0.467 e. The second-order valence-electron chi connectivity index (χ2n) is 10.4. The van der Waals surface area contributed by atoms with Crippen LogP contribution in [0.5, 0.6) is 0 Å². The number of benzene rings is 2. The third-order valence-electron chi connectivity index (χ3n) is 6.25. The molecule has 0 aliphatic carbocycles. The zero-order valence-corrected chi connectivity index (χ0v) is 23.2. The topological polar surface area (TPSA) is 112 Å². The Morgan fingerprint density at radius 2 is 1.75 bits per heavy atom. The Hall–Kier alpha value is -4.20. The summed E-state index contributed by atoms with van der Waals surface area (Å²) < 4.78 is 16.6. The Kier molecular flexibility index (Phi) is 9.19. The first kappa shape index (κ1) is 28.8. The van der Waals surface area contributed by atoms with Gasteiger partial charge < -0.3 is 19.5 Å². The number of fused-ring (bicyclic) bond motifs is 1. The smallest absolute Gasteiger partial charge is 0.407 e. The normalized spacial score (nSPS) is 14.6. The van der Waals surface area contributed by atoms with E-state index in [1.54, 1.807) is 39.0 Å². The number of nitrogens with zero attached hydrogens (tertiary/aromatic N) is 3. The molecule has 0 unspecified atom stereocenters. The Balaban J connectivity index is 1.49. The van der Waals surface area contributed by atoms with E-state index >= 15 is 0 Å². The van der Waals surface area contributed by atoms with Crippen molar-refractivity contribution in [2.45, 2.75) is 39.0 Å². The van der Waals surface area contributed by atoms with Crippen LogP contribution >= 0.6 is 0 Å². The molecule has 0 saturated carbocycles. The Morgan fingerprint density at radius 1 is 1.07 bits per heavy atom. The SMILES string of the molecule is COC(=O)[C@H](CNC(=O)OC(C)(C)C)n1cnc2cc(C#Cc3ccc(CN4CCOCC4)cc3)ccc2c1=O. The van der Waals surface area contributed by atoms with E-state index in [9.17, 15) is 14.4 Å². The maximum absolute atomic E-state index is 13.3. The molecular weight excluding hydrogens is 512 g/mol. The molecule has 210 valence electrons. The number of aromatic nitrogens is 2. The van der Waals surface area contributed by atoms with Gasteiger partial charge in [-0.25, -0.2) is 14.6 Å². The number of hydrogen-bond donors (Lipinski definition) is 1. The van der Waals surface area contributed by atoms with Crippen molar-refractivity contribution in [1.29, 1.82) is 0 Å². The van der Waals surface area contributed by atoms with Crippen molar-refractivity contribution in [1.82, 2.24) is 19.8 Å². The molecule has 1 amide bonds. The van der Waals surface area contributed by atoms with Gasteiger partial charge in [-0.15, -0.1) is 0 Å². The molecule has 1 aliphatic heterocycles. The quantitative estimate of drug-likeness (QED) is 0.371. The lowest BCUT2D eigenvalue weighted by Crippen LogP contribution is -2.41. The minimum Gasteiger partial charge on any atom is -0.467 e. The first-order valence-electron chi connectivity index (χ1n) is 13.1. The van der Waals surface area contributed by atoms with Crippen LogP contribution in [0, 0.1) is 11.8 Å². The summed E-state index contributed by atoms with van der Waals surface area (Å²) >= 11 is 0. The van der Waals surface area contributed by atoms with Crippen molar-refractivity contribution in [3.8, 4) is 11.8 Å². The fourth-order valence-corrected chi connectivity index (χ4v) is 4.22. The number of esters is 1. The van der Waals surface area contributed by atoms with Gasteiger partial charge in [-0.05, 0) is 56.7 Å². The first-order valence-corrected chi connectivity index (χ1v) is 13.1. The molecule has 0 spiro atoms. The molecule has 1 fully saturated rings. The van der Waals surface area contributed by atoms with Crippen LogP contribution in [-0.2, 0) is 25.5 Å². The van der Waals surface area contributed by atoms with Crippen molar-refractivity contribution < 1.29 is 23.8 Å². The number of rotatable bonds is 6. The van der Waals surface area contributed by atoms with E-state index in [0.29, 0.717) is 16.5 Å². The minimum absolute atomic E-state index is 0.205. The molecule has 1 saturated heterocycles. The summed E-state index contributed by atoms with van der Waals surface area (Å²) in [6, 6.07) is 12.1. The molecule has 2 aromatic carbocycles. The van der Waals surface area contributed by atoms with Gasteiger partial charge in [0.05, 0.1) is 44.1 Å². The Bertz CT molecular complexity index is 1470. The summed E-state index contributed by atoms with van der Waals surface area (Å²) in [6.45, 7) is 9.29. The predicted octanol–water partition coefficient (Wildman–Crippen LogP) is 2.87. The van der Waals surface area contributed by atoms with Gasteiger partial charge in [0.1, 0.15) is 5.60 Å². The van der Waals surface area contributed by atoms with E-state index in [2.05, 4.69) is 39.2 Å². The average molecular weight is 547 g/mol. The van der Waals surface area contributed by atoms with Crippen LogP contribution in [-0.4, -0.2) is 72.1 Å². The van der Waals surface area contributed by atoms with E-state index < -0.39 is 29.3 Å². The number of amides is 1. The molecule has 0 radical (unpaired) electrons. The van der Waals surface area contributed by atoms with Crippen molar-refractivity contribution in [2.24, 2.45) is 0 Å². The van der Waals surface area contributed by atoms with Gasteiger partial charge in [-0.3, -0.25) is 14.3 Å². The zero-order chi connectivity index (χ0) is 28.7. The van der Waals surface area contributed by atoms with Crippen LogP contribution in [0.1, 0.15) is 43.5 Å². The summed E-state index contributed by atoms with van der Waals surface area (Å²) in [4.78, 5) is 44.6. The Morgan fingerprint density at radius 3 is 2.42 bits per heavy atom. The zero-order valence-electron chi connectivity index (χ0n) is 23.2. The van der Waals surface area contributed by atoms with E-state index in [-0.39, 0.29) is 6.54 Å². The summed E-state index contributed by atoms with van der Waals surface area (Å²) in [5.41, 5.74) is 2.10. The van der Waals surface area contributed by atoms with Crippen molar-refractivity contribution >= 4 is 23.0 Å². The van der Waals surface area contributed by atoms with E-state index in [1.165, 1.54) is 19.0 Å². The molecule has 1 atom stereocenters. The van der Waals surface area contributed by atoms with Crippen LogP contribution < -0.4 is 10.9 Å². The van der Waals surface area contributed by atoms with Crippen molar-refractivity contribution in [2.75, 3.05) is 40.0 Å². The number of ether oxygens (including phenoxy) is 3. The molecule has 1 aliphatic rings. The second-order valence-corrected chi connectivity index (χ2v) is 10.4. The van der Waals surface area contributed by atoms with Crippen LogP contribution in [0.15, 0.2) is 53.6 Å². The van der Waals surface area contributed by atoms with E-state index in [4.69, 9.17) is 14.2 Å². The molecule has 0 bridgehead atoms. The molecule has 10 heteroatoms. The number of carbonyl (C=O) groups excluding carboxylic acids is 2. The Labute approximate surface area is 233 Å². The number of alkyl carbamates (subject to hydrolysis) is 1. The standard InChI is InChI=1S/C30H34N4O6/c1-30(2,3)40-29(37)31-18-26(28(36)38-4)34-20-32-25-17-22(11-12-24(25)27(34)35)8-5-21-6-9-23(10-7-21)19-33-13-15-39-16-14-33/h6-7,9-12,17,20,26H,13-16,18-19H2,1-4H3,(H,31,37)/t26-/m0/s1. The van der Waals surface area contributed by atoms with Crippen LogP contribution in [0.3, 0.4) is 0 Å². The van der Waals surface area contributed by atoms with Crippen molar-refractivity contribution in [3.05, 3.63) is 75.8 Å². The highest BCUT2D eigenvalue weighted by Crippen LogP contribution is 2.14. The number of methoxy groups -OCH3 is 1. The molecule has 40 heavy (non-hydrogen) atoms. The van der Waals surface area contributed by atoms with Gasteiger partial charge in [-0.1, -0.05) is 24.0 Å². The van der Waals surface area contributed by atoms with Gasteiger partial charge in [0.15, 0.2) is 6.04 Å². The first-order chi connectivity index (χ1) is 19.1. The van der Waals surface area contributed by atoms with Gasteiger partial charge in [0.2, 0.25) is 0 Å². The number of hydrogen-bond acceptors (Lipinski definition) is 8. The maximum atomic E-state index is 13.3. The molecule has 1 N–H and O–H groups in total. The van der Waals surface area contributed by atoms with E-state index in [1.807, 2.05) is 12.1 Å². The molecule has 4 rings (SSSR count). The summed E-state index contributed by atoms with van der Waals surface area (Å²) in [6.07, 6.45) is 0.561. The van der Waals surface area contributed by atoms with Gasteiger partial charge >= 0.3 is 12.1 Å². The highest BCUT2D eigenvalue weighted by Gasteiger charge is 2.25. The lowest BCUT2D eigenvalue weighted by atomic mass is 10.1. The third-order valence-corrected chi connectivity index (χ3v) is 6.25. The minimum atomic E-state index is -1.12.